The van der Waals surface area contributed by atoms with E-state index in [1.54, 1.807) is 6.07 Å². The van der Waals surface area contributed by atoms with Gasteiger partial charge in [0.15, 0.2) is 0 Å². The molecule has 4 nitrogen and oxygen atoms in total. The Hall–Kier alpha value is -0.970. The van der Waals surface area contributed by atoms with E-state index in [4.69, 9.17) is 11.6 Å². The predicted molar refractivity (Wildman–Crippen MR) is 83.8 cm³/mol. The first-order chi connectivity index (χ1) is 9.19. The molecule has 1 unspecified atom stereocenters. The monoisotopic (exact) mass is 315 g/mol. The Labute approximate surface area is 130 Å². The molecule has 20 heavy (non-hydrogen) atoms. The minimum atomic E-state index is -0.0446. The maximum absolute atomic E-state index is 12.2. The van der Waals surface area contributed by atoms with E-state index in [-0.39, 0.29) is 18.4 Å². The van der Waals surface area contributed by atoms with Crippen molar-refractivity contribution in [3.63, 3.8) is 0 Å². The number of hydrogen-bond donors (Lipinski definition) is 2. The zero-order valence-corrected chi connectivity index (χ0v) is 12.8. The number of halogens is 2. The number of anilines is 1. The second-order valence-electron chi connectivity index (χ2n) is 5.51. The first kappa shape index (κ1) is 15.4. The van der Waals surface area contributed by atoms with Crippen LogP contribution in [0.4, 0.5) is 10.5 Å². The lowest BCUT2D eigenvalue weighted by atomic mass is 9.87. The molecule has 0 aliphatic carbocycles. The third-order valence-electron chi connectivity index (χ3n) is 4.17. The molecule has 110 valence electrons. The van der Waals surface area contributed by atoms with E-state index in [0.717, 1.165) is 32.6 Å². The number of nitrogens with zero attached hydrogens (tertiary/aromatic N) is 1. The van der Waals surface area contributed by atoms with Crippen LogP contribution in [0.25, 0.3) is 0 Å². The van der Waals surface area contributed by atoms with Gasteiger partial charge < -0.3 is 15.5 Å². The summed E-state index contributed by atoms with van der Waals surface area (Å²) in [6.07, 6.45) is 2.26. The molecule has 0 aromatic heterocycles. The highest BCUT2D eigenvalue weighted by Crippen LogP contribution is 2.36. The molecule has 2 heterocycles. The normalized spacial score (nSPS) is 24.8. The van der Waals surface area contributed by atoms with Crippen molar-refractivity contribution in [2.45, 2.75) is 12.8 Å². The van der Waals surface area contributed by atoms with Crippen LogP contribution in [0, 0.1) is 5.41 Å². The average Bonchev–Trinajstić information content (AvgIpc) is 3.03. The maximum atomic E-state index is 12.2. The van der Waals surface area contributed by atoms with Crippen LogP contribution in [0.1, 0.15) is 12.8 Å². The van der Waals surface area contributed by atoms with Crippen molar-refractivity contribution >= 4 is 35.7 Å². The Balaban J connectivity index is 0.00000147. The van der Waals surface area contributed by atoms with Gasteiger partial charge in [0.2, 0.25) is 0 Å². The molecule has 6 heteroatoms. The summed E-state index contributed by atoms with van der Waals surface area (Å²) in [7, 11) is 0. The first-order valence-corrected chi connectivity index (χ1v) is 7.08. The van der Waals surface area contributed by atoms with Crippen LogP contribution in [0.2, 0.25) is 5.02 Å². The highest BCUT2D eigenvalue weighted by atomic mass is 35.5. The third kappa shape index (κ3) is 3.03. The number of para-hydroxylation sites is 1. The van der Waals surface area contributed by atoms with Crippen molar-refractivity contribution in [3.05, 3.63) is 29.3 Å². The summed E-state index contributed by atoms with van der Waals surface area (Å²) in [5.41, 5.74) is 0.984. The van der Waals surface area contributed by atoms with Crippen molar-refractivity contribution in [2.75, 3.05) is 31.5 Å². The van der Waals surface area contributed by atoms with E-state index in [9.17, 15) is 4.79 Å². The quantitative estimate of drug-likeness (QED) is 0.836. The fourth-order valence-electron chi connectivity index (χ4n) is 3.01. The average molecular weight is 316 g/mol. The molecule has 2 N–H and O–H groups in total. The minimum Gasteiger partial charge on any atom is -0.324 e. The van der Waals surface area contributed by atoms with Gasteiger partial charge in [-0.1, -0.05) is 23.7 Å². The molecule has 2 amide bonds. The van der Waals surface area contributed by atoms with Gasteiger partial charge in [-0.25, -0.2) is 4.79 Å². The number of benzene rings is 1. The molecule has 2 fully saturated rings. The van der Waals surface area contributed by atoms with Crippen molar-refractivity contribution < 1.29 is 4.79 Å². The predicted octanol–water partition coefficient (Wildman–Crippen LogP) is 2.98. The fourth-order valence-corrected chi connectivity index (χ4v) is 3.19. The van der Waals surface area contributed by atoms with Gasteiger partial charge in [0.25, 0.3) is 0 Å². The summed E-state index contributed by atoms with van der Waals surface area (Å²) in [5, 5.41) is 6.86. The van der Waals surface area contributed by atoms with Gasteiger partial charge in [0, 0.05) is 25.0 Å². The molecule has 0 bridgehead atoms. The van der Waals surface area contributed by atoms with Gasteiger partial charge in [-0.15, -0.1) is 12.4 Å². The number of urea groups is 1. The SMILES string of the molecule is Cl.O=C(Nc1ccccc1Cl)N1CCC2(CCNC2)C1. The zero-order valence-electron chi connectivity index (χ0n) is 11.2. The van der Waals surface area contributed by atoms with E-state index in [2.05, 4.69) is 10.6 Å². The number of amides is 2. The Morgan fingerprint density at radius 1 is 1.35 bits per heavy atom. The van der Waals surface area contributed by atoms with Gasteiger partial charge in [0.1, 0.15) is 0 Å². The lowest BCUT2D eigenvalue weighted by Gasteiger charge is -2.23. The molecule has 0 saturated carbocycles. The topological polar surface area (TPSA) is 44.4 Å². The fraction of sp³-hybridized carbons (Fsp3) is 0.500. The molecule has 0 radical (unpaired) electrons. The summed E-state index contributed by atoms with van der Waals surface area (Å²) in [4.78, 5) is 14.1. The smallest absolute Gasteiger partial charge is 0.321 e. The molecule has 1 aromatic rings. The van der Waals surface area contributed by atoms with Gasteiger partial charge in [0.05, 0.1) is 10.7 Å². The van der Waals surface area contributed by atoms with Gasteiger partial charge >= 0.3 is 6.03 Å². The summed E-state index contributed by atoms with van der Waals surface area (Å²) in [5.74, 6) is 0. The Bertz CT molecular complexity index is 489. The first-order valence-electron chi connectivity index (χ1n) is 6.70. The van der Waals surface area contributed by atoms with Crippen molar-refractivity contribution in [1.29, 1.82) is 0 Å². The van der Waals surface area contributed by atoms with Crippen molar-refractivity contribution in [2.24, 2.45) is 5.41 Å². The van der Waals surface area contributed by atoms with Crippen molar-refractivity contribution in [1.82, 2.24) is 10.2 Å². The van der Waals surface area contributed by atoms with Crippen LogP contribution >= 0.6 is 24.0 Å². The second-order valence-corrected chi connectivity index (χ2v) is 5.92. The lowest BCUT2D eigenvalue weighted by Crippen LogP contribution is -2.36. The van der Waals surface area contributed by atoms with E-state index in [0.29, 0.717) is 16.1 Å². The molecule has 2 aliphatic heterocycles. The number of rotatable bonds is 1. The Morgan fingerprint density at radius 2 is 2.15 bits per heavy atom. The van der Waals surface area contributed by atoms with Crippen LogP contribution in [0.3, 0.4) is 0 Å². The molecule has 1 atom stereocenters. The maximum Gasteiger partial charge on any atom is 0.321 e. The minimum absolute atomic E-state index is 0. The number of carbonyl (C=O) groups is 1. The highest BCUT2D eigenvalue weighted by molar-refractivity contribution is 6.33. The number of likely N-dealkylation sites (tertiary alicyclic amines) is 1. The summed E-state index contributed by atoms with van der Waals surface area (Å²) in [6.45, 7) is 3.77. The van der Waals surface area contributed by atoms with Crippen molar-refractivity contribution in [3.8, 4) is 0 Å². The molecule has 3 rings (SSSR count). The Morgan fingerprint density at radius 3 is 2.85 bits per heavy atom. The zero-order chi connectivity index (χ0) is 13.3. The number of hydrogen-bond acceptors (Lipinski definition) is 2. The molecule has 1 spiro atoms. The van der Waals surface area contributed by atoms with E-state index < -0.39 is 0 Å². The standard InChI is InChI=1S/C14H18ClN3O.ClH/c15-11-3-1-2-4-12(11)17-13(19)18-8-6-14(10-18)5-7-16-9-14;/h1-4,16H,5-10H2,(H,17,19);1H. The van der Waals surface area contributed by atoms with E-state index >= 15 is 0 Å². The lowest BCUT2D eigenvalue weighted by molar-refractivity contribution is 0.215. The van der Waals surface area contributed by atoms with Crippen LogP contribution in [-0.4, -0.2) is 37.1 Å². The molecular weight excluding hydrogens is 297 g/mol. The second kappa shape index (κ2) is 6.20. The van der Waals surface area contributed by atoms with E-state index in [1.807, 2.05) is 23.1 Å². The van der Waals surface area contributed by atoms with Crippen LogP contribution in [-0.2, 0) is 0 Å². The third-order valence-corrected chi connectivity index (χ3v) is 4.50. The van der Waals surface area contributed by atoms with Gasteiger partial charge in [-0.2, -0.15) is 0 Å². The molecule has 2 aliphatic rings. The van der Waals surface area contributed by atoms with Gasteiger partial charge in [-0.05, 0) is 31.5 Å². The van der Waals surface area contributed by atoms with E-state index in [1.165, 1.54) is 6.42 Å². The highest BCUT2D eigenvalue weighted by Gasteiger charge is 2.41. The number of carbonyl (C=O) groups excluding carboxylic acids is 1. The Kier molecular flexibility index (Phi) is 4.78. The van der Waals surface area contributed by atoms with Crippen LogP contribution < -0.4 is 10.6 Å². The molecule has 1 aromatic carbocycles. The number of nitrogens with one attached hydrogen (secondary N) is 2. The molecule has 2 saturated heterocycles. The molecular formula is C14H19Cl2N3O. The summed E-state index contributed by atoms with van der Waals surface area (Å²) >= 11 is 6.05. The summed E-state index contributed by atoms with van der Waals surface area (Å²) in [6, 6.07) is 7.28. The largest absolute Gasteiger partial charge is 0.324 e. The van der Waals surface area contributed by atoms with Crippen LogP contribution in [0.5, 0.6) is 0 Å². The van der Waals surface area contributed by atoms with Gasteiger partial charge in [-0.3, -0.25) is 0 Å². The van der Waals surface area contributed by atoms with Crippen LogP contribution in [0.15, 0.2) is 24.3 Å². The summed E-state index contributed by atoms with van der Waals surface area (Å²) < 4.78 is 0.